The summed E-state index contributed by atoms with van der Waals surface area (Å²) >= 11 is 0. The number of aliphatic imine (C=N–C) groups is 1. The molecule has 7 amide bonds. The Kier molecular flexibility index (Phi) is 23.5. The number of carboxylic acids is 1. The third-order valence-corrected chi connectivity index (χ3v) is 8.67. The number of carbonyl (C=O) groups is 8. The highest BCUT2D eigenvalue weighted by Gasteiger charge is 2.35. The number of unbranched alkanes of at least 4 members (excludes halogenated alkanes) is 1. The molecule has 0 radical (unpaired) electrons. The monoisotopic (exact) mass is 784 g/mol. The molecule has 0 aliphatic heterocycles. The van der Waals surface area contributed by atoms with E-state index in [9.17, 15) is 38.4 Å². The number of primary amides is 1. The fraction of sp³-hybridized carbons (Fsp3) is 0.735. The Bertz CT molecular complexity index is 1340. The molecule has 0 bridgehead atoms. The van der Waals surface area contributed by atoms with Crippen LogP contribution in [0.4, 0.5) is 0 Å². The van der Waals surface area contributed by atoms with E-state index in [1.165, 1.54) is 0 Å². The lowest BCUT2D eigenvalue weighted by Gasteiger charge is -2.29. The fourth-order valence-corrected chi connectivity index (χ4v) is 5.07. The number of aliphatic carboxylic acids is 1. The van der Waals surface area contributed by atoms with Crippen LogP contribution in [0.3, 0.4) is 0 Å². The topological polar surface area (TPSA) is 371 Å². The van der Waals surface area contributed by atoms with Crippen LogP contribution in [-0.2, 0) is 38.4 Å². The van der Waals surface area contributed by atoms with E-state index in [4.69, 9.17) is 33.8 Å². The Balaban J connectivity index is 6.34. The predicted octanol–water partition coefficient (Wildman–Crippen LogP) is -3.65. The van der Waals surface area contributed by atoms with E-state index in [1.807, 2.05) is 0 Å². The minimum Gasteiger partial charge on any atom is -0.480 e. The first-order chi connectivity index (χ1) is 25.7. The first kappa shape index (κ1) is 49.9. The molecule has 314 valence electrons. The molecule has 55 heavy (non-hydrogen) atoms. The van der Waals surface area contributed by atoms with Gasteiger partial charge in [-0.2, -0.15) is 0 Å². The van der Waals surface area contributed by atoms with E-state index in [-0.39, 0.29) is 44.2 Å². The van der Waals surface area contributed by atoms with Gasteiger partial charge in [-0.15, -0.1) is 0 Å². The van der Waals surface area contributed by atoms with Gasteiger partial charge in [-0.1, -0.05) is 48.0 Å². The Morgan fingerprint density at radius 1 is 0.636 bits per heavy atom. The van der Waals surface area contributed by atoms with Gasteiger partial charge in [-0.05, 0) is 56.4 Å². The van der Waals surface area contributed by atoms with E-state index in [0.29, 0.717) is 19.3 Å². The van der Waals surface area contributed by atoms with Gasteiger partial charge >= 0.3 is 5.97 Å². The maximum absolute atomic E-state index is 13.8. The molecule has 17 N–H and O–H groups in total. The van der Waals surface area contributed by atoms with Gasteiger partial charge in [0.2, 0.25) is 41.4 Å². The van der Waals surface area contributed by atoms with Crippen molar-refractivity contribution in [1.82, 2.24) is 31.9 Å². The molecule has 0 aliphatic carbocycles. The lowest BCUT2D eigenvalue weighted by atomic mass is 9.96. The number of hydrogen-bond donors (Lipinski definition) is 12. The Labute approximate surface area is 322 Å². The number of carboxylic acid groups (broad SMARTS) is 1. The number of nitrogens with zero attached hydrogens (tertiary/aromatic N) is 1. The van der Waals surface area contributed by atoms with Crippen LogP contribution in [0.5, 0.6) is 0 Å². The lowest BCUT2D eigenvalue weighted by Crippen LogP contribution is -2.61. The quantitative estimate of drug-likeness (QED) is 0.0218. The molecule has 21 nitrogen and oxygen atoms in total. The molecule has 0 aromatic rings. The van der Waals surface area contributed by atoms with Gasteiger partial charge in [0.25, 0.3) is 0 Å². The van der Waals surface area contributed by atoms with Crippen LogP contribution in [0.2, 0.25) is 0 Å². The molecule has 0 aromatic heterocycles. The molecule has 7 atom stereocenters. The molecule has 0 aliphatic rings. The highest BCUT2D eigenvalue weighted by atomic mass is 16.4. The smallest absolute Gasteiger partial charge is 0.322 e. The van der Waals surface area contributed by atoms with Gasteiger partial charge < -0.3 is 65.7 Å². The number of rotatable bonds is 27. The van der Waals surface area contributed by atoms with Gasteiger partial charge in [-0.3, -0.25) is 43.3 Å². The summed E-state index contributed by atoms with van der Waals surface area (Å²) in [6.45, 7) is 9.93. The Hall–Kier alpha value is -5.05. The normalized spacial score (nSPS) is 14.9. The average molecular weight is 785 g/mol. The third-order valence-electron chi connectivity index (χ3n) is 8.67. The highest BCUT2D eigenvalue weighted by molar-refractivity contribution is 5.98. The summed E-state index contributed by atoms with van der Waals surface area (Å²) < 4.78 is 0. The van der Waals surface area contributed by atoms with E-state index in [2.05, 4.69) is 36.9 Å². The number of nitrogens with one attached hydrogen (secondary N) is 6. The molecule has 21 heteroatoms. The van der Waals surface area contributed by atoms with E-state index in [0.717, 1.165) is 0 Å². The van der Waals surface area contributed by atoms with E-state index < -0.39 is 108 Å². The van der Waals surface area contributed by atoms with Crippen LogP contribution in [0, 0.1) is 17.8 Å². The largest absolute Gasteiger partial charge is 0.480 e. The van der Waals surface area contributed by atoms with Crippen LogP contribution >= 0.6 is 0 Å². The minimum absolute atomic E-state index is 0.0196. The van der Waals surface area contributed by atoms with Crippen LogP contribution in [0.15, 0.2) is 4.99 Å². The number of amides is 7. The van der Waals surface area contributed by atoms with Gasteiger partial charge in [-0.25, -0.2) is 0 Å². The molecule has 0 rings (SSSR count). The third kappa shape index (κ3) is 19.7. The van der Waals surface area contributed by atoms with Crippen molar-refractivity contribution in [2.24, 2.45) is 51.4 Å². The second kappa shape index (κ2) is 25.9. The van der Waals surface area contributed by atoms with Crippen molar-refractivity contribution >= 4 is 53.3 Å². The number of hydrogen-bond acceptors (Lipinski definition) is 11. The van der Waals surface area contributed by atoms with Gasteiger partial charge in [0.15, 0.2) is 5.96 Å². The second-order valence-electron chi connectivity index (χ2n) is 14.1. The SMILES string of the molecule is CCC(C)C(NC(=O)C(CCCCN)NC(=O)C(CC(N)=O)NC(=O)C(NC(=O)C(N)C(C)C)C(C)C)C(=O)NC(CCCN=C(N)N)C(=O)NCC(=O)O. The summed E-state index contributed by atoms with van der Waals surface area (Å²) in [5, 5.41) is 24.1. The van der Waals surface area contributed by atoms with Gasteiger partial charge in [0.1, 0.15) is 36.8 Å². The maximum atomic E-state index is 13.8. The summed E-state index contributed by atoms with van der Waals surface area (Å²) in [7, 11) is 0. The van der Waals surface area contributed by atoms with E-state index >= 15 is 0 Å². The average Bonchev–Trinajstić information content (AvgIpc) is 3.10. The first-order valence-electron chi connectivity index (χ1n) is 18.5. The zero-order valence-corrected chi connectivity index (χ0v) is 32.8. The van der Waals surface area contributed by atoms with Crippen molar-refractivity contribution in [2.45, 2.75) is 123 Å². The molecule has 7 unspecified atom stereocenters. The molecule has 0 spiro atoms. The summed E-state index contributed by atoms with van der Waals surface area (Å²) in [6, 6.07) is -7.34. The zero-order chi connectivity index (χ0) is 42.4. The summed E-state index contributed by atoms with van der Waals surface area (Å²) in [6.07, 6.45) is 0.878. The van der Waals surface area contributed by atoms with Crippen LogP contribution in [0.25, 0.3) is 0 Å². The maximum Gasteiger partial charge on any atom is 0.322 e. The molecule has 0 heterocycles. The van der Waals surface area contributed by atoms with Crippen molar-refractivity contribution in [1.29, 1.82) is 0 Å². The molecular formula is C34H64N12O9. The summed E-state index contributed by atoms with van der Waals surface area (Å²) in [5.74, 6) is -8.26. The number of guanidine groups is 1. The number of nitrogens with two attached hydrogens (primary N) is 5. The van der Waals surface area contributed by atoms with Crippen molar-refractivity contribution in [3.63, 3.8) is 0 Å². The Morgan fingerprint density at radius 2 is 1.15 bits per heavy atom. The van der Waals surface area contributed by atoms with Crippen molar-refractivity contribution in [3.8, 4) is 0 Å². The van der Waals surface area contributed by atoms with Crippen LogP contribution < -0.4 is 60.6 Å². The molecule has 0 saturated carbocycles. The molecule has 0 fully saturated rings. The lowest BCUT2D eigenvalue weighted by molar-refractivity contribution is -0.139. The van der Waals surface area contributed by atoms with Crippen molar-refractivity contribution < 1.29 is 43.5 Å². The molecular weight excluding hydrogens is 720 g/mol. The molecule has 0 saturated heterocycles. The second-order valence-corrected chi connectivity index (χ2v) is 14.1. The standard InChI is InChI=1S/C34H64N12O9/c1-7-19(6)27(33(55)43-20(12-10-14-40-34(38)39)28(50)41-16-24(48)49)46-29(51)21(11-8-9-13-35)42-30(52)22(15-23(36)47)44-32(54)26(18(4)5)45-31(53)25(37)17(2)3/h17-22,25-27H,7-16,35,37H2,1-6H3,(H2,36,47)(H,41,50)(H,42,52)(H,43,55)(H,44,54)(H,45,53)(H,46,51)(H,48,49)(H4,38,39,40). The van der Waals surface area contributed by atoms with Crippen LogP contribution in [0.1, 0.15) is 86.5 Å². The van der Waals surface area contributed by atoms with Crippen molar-refractivity contribution in [3.05, 3.63) is 0 Å². The van der Waals surface area contributed by atoms with Gasteiger partial charge in [0.05, 0.1) is 12.5 Å². The summed E-state index contributed by atoms with van der Waals surface area (Å²) in [4.78, 5) is 107. The highest BCUT2D eigenvalue weighted by Crippen LogP contribution is 2.12. The predicted molar refractivity (Wildman–Crippen MR) is 204 cm³/mol. The fourth-order valence-electron chi connectivity index (χ4n) is 5.07. The molecule has 0 aromatic carbocycles. The summed E-state index contributed by atoms with van der Waals surface area (Å²) in [5.41, 5.74) is 27.7. The zero-order valence-electron chi connectivity index (χ0n) is 32.8. The first-order valence-corrected chi connectivity index (χ1v) is 18.5. The number of carbonyl (C=O) groups excluding carboxylic acids is 7. The van der Waals surface area contributed by atoms with Crippen molar-refractivity contribution in [2.75, 3.05) is 19.6 Å². The Morgan fingerprint density at radius 3 is 1.65 bits per heavy atom. The minimum atomic E-state index is -1.55. The van der Waals surface area contributed by atoms with E-state index in [1.54, 1.807) is 41.5 Å². The van der Waals surface area contributed by atoms with Gasteiger partial charge in [0, 0.05) is 6.54 Å². The van der Waals surface area contributed by atoms with Crippen LogP contribution in [-0.4, -0.2) is 114 Å².